The Bertz CT molecular complexity index is 1140. The van der Waals surface area contributed by atoms with Gasteiger partial charge >= 0.3 is 0 Å². The molecule has 186 valence electrons. The van der Waals surface area contributed by atoms with Crippen molar-refractivity contribution in [2.24, 2.45) is 0 Å². The largest absolute Gasteiger partial charge is 0.493 e. The molecule has 0 saturated heterocycles. The van der Waals surface area contributed by atoms with E-state index in [0.717, 1.165) is 12.1 Å². The van der Waals surface area contributed by atoms with Crippen LogP contribution in [0.5, 0.6) is 5.75 Å². The van der Waals surface area contributed by atoms with Crippen LogP contribution in [0, 0.1) is 0 Å². The molecule has 1 aliphatic rings. The first-order valence-electron chi connectivity index (χ1n) is 11.4. The van der Waals surface area contributed by atoms with E-state index < -0.39 is 21.7 Å². The molecule has 1 aliphatic heterocycles. The Balaban J connectivity index is 2.01. The van der Waals surface area contributed by atoms with Gasteiger partial charge in [-0.1, -0.05) is 13.8 Å². The van der Waals surface area contributed by atoms with E-state index in [1.807, 2.05) is 25.9 Å². The summed E-state index contributed by atoms with van der Waals surface area (Å²) in [6.45, 7) is 5.66. The van der Waals surface area contributed by atoms with Crippen LogP contribution in [0.15, 0.2) is 29.2 Å². The average molecular weight is 492 g/mol. The second-order valence-electron chi connectivity index (χ2n) is 8.35. The molecule has 2 heterocycles. The lowest BCUT2D eigenvalue weighted by atomic mass is 10.1. The van der Waals surface area contributed by atoms with E-state index >= 15 is 0 Å². The molecule has 0 unspecified atom stereocenters. The van der Waals surface area contributed by atoms with Gasteiger partial charge in [-0.05, 0) is 44.8 Å². The first-order valence-corrected chi connectivity index (χ1v) is 12.8. The first kappa shape index (κ1) is 25.9. The van der Waals surface area contributed by atoms with E-state index in [1.54, 1.807) is 25.1 Å². The van der Waals surface area contributed by atoms with Gasteiger partial charge in [0.15, 0.2) is 0 Å². The van der Waals surface area contributed by atoms with Crippen molar-refractivity contribution in [1.82, 2.24) is 19.9 Å². The SMILES string of the molecule is CCCOc1ccc(S(=O)(=O)NCCN(C)C)cc1-c1cc2c([nH]1)CNCN2C(=O)C(=O)CC. The zero-order valence-corrected chi connectivity index (χ0v) is 20.9. The van der Waals surface area contributed by atoms with Crippen LogP contribution in [-0.2, 0) is 26.2 Å². The summed E-state index contributed by atoms with van der Waals surface area (Å²) in [6, 6.07) is 6.50. The van der Waals surface area contributed by atoms with Crippen molar-refractivity contribution in [1.29, 1.82) is 0 Å². The Morgan fingerprint density at radius 3 is 2.65 bits per heavy atom. The summed E-state index contributed by atoms with van der Waals surface area (Å²) in [4.78, 5) is 31.3. The van der Waals surface area contributed by atoms with Crippen molar-refractivity contribution in [3.63, 3.8) is 0 Å². The van der Waals surface area contributed by atoms with E-state index in [9.17, 15) is 18.0 Å². The highest BCUT2D eigenvalue weighted by molar-refractivity contribution is 7.89. The second kappa shape index (κ2) is 11.1. The van der Waals surface area contributed by atoms with Crippen molar-refractivity contribution in [2.45, 2.75) is 38.1 Å². The van der Waals surface area contributed by atoms with Gasteiger partial charge in [-0.2, -0.15) is 0 Å². The minimum absolute atomic E-state index is 0.116. The number of anilines is 1. The molecule has 10 nitrogen and oxygen atoms in total. The molecule has 3 N–H and O–H groups in total. The average Bonchev–Trinajstić information content (AvgIpc) is 3.25. The Morgan fingerprint density at radius 2 is 1.97 bits per heavy atom. The highest BCUT2D eigenvalue weighted by atomic mass is 32.2. The summed E-state index contributed by atoms with van der Waals surface area (Å²) in [7, 11) is 0.0103. The molecule has 11 heteroatoms. The van der Waals surface area contributed by atoms with Crippen LogP contribution in [0.1, 0.15) is 32.4 Å². The van der Waals surface area contributed by atoms with Crippen LogP contribution in [0.25, 0.3) is 11.3 Å². The molecule has 1 amide bonds. The number of amides is 1. The van der Waals surface area contributed by atoms with Crippen LogP contribution in [0.2, 0.25) is 0 Å². The topological polar surface area (TPSA) is 124 Å². The number of fused-ring (bicyclic) bond motifs is 1. The quantitative estimate of drug-likeness (QED) is 0.409. The monoisotopic (exact) mass is 491 g/mol. The van der Waals surface area contributed by atoms with Crippen LogP contribution in [0.3, 0.4) is 0 Å². The normalized spacial score (nSPS) is 13.7. The summed E-state index contributed by atoms with van der Waals surface area (Å²) >= 11 is 0. The number of nitrogens with one attached hydrogen (secondary N) is 3. The van der Waals surface area contributed by atoms with Gasteiger partial charge in [0.25, 0.3) is 5.91 Å². The van der Waals surface area contributed by atoms with Gasteiger partial charge in [0.05, 0.1) is 35.2 Å². The van der Waals surface area contributed by atoms with Crippen LogP contribution < -0.4 is 19.7 Å². The smallest absolute Gasteiger partial charge is 0.295 e. The van der Waals surface area contributed by atoms with Gasteiger partial charge in [0.1, 0.15) is 5.75 Å². The van der Waals surface area contributed by atoms with E-state index in [-0.39, 0.29) is 24.5 Å². The molecular weight excluding hydrogens is 458 g/mol. The predicted molar refractivity (Wildman–Crippen MR) is 130 cm³/mol. The number of benzene rings is 1. The van der Waals surface area contributed by atoms with Gasteiger partial charge in [0, 0.05) is 31.6 Å². The van der Waals surface area contributed by atoms with Gasteiger partial charge < -0.3 is 14.6 Å². The minimum atomic E-state index is -3.73. The fourth-order valence-corrected chi connectivity index (χ4v) is 4.63. The summed E-state index contributed by atoms with van der Waals surface area (Å²) in [5.74, 6) is -0.519. The molecule has 3 rings (SSSR count). The third-order valence-electron chi connectivity index (χ3n) is 5.41. The van der Waals surface area contributed by atoms with Crippen molar-refractivity contribution < 1.29 is 22.7 Å². The number of rotatable bonds is 11. The molecular formula is C23H33N5O5S. The second-order valence-corrected chi connectivity index (χ2v) is 10.1. The lowest BCUT2D eigenvalue weighted by Crippen LogP contribution is -2.45. The van der Waals surface area contributed by atoms with Gasteiger partial charge in [-0.15, -0.1) is 0 Å². The van der Waals surface area contributed by atoms with Gasteiger partial charge in [0.2, 0.25) is 15.8 Å². The number of likely N-dealkylation sites (N-methyl/N-ethyl adjacent to an activating group) is 1. The number of Topliss-reactive ketones (excluding diaryl/α,β-unsaturated/α-hetero) is 1. The number of aromatic nitrogens is 1. The maximum absolute atomic E-state index is 12.9. The number of ether oxygens (including phenoxy) is 1. The Hall–Kier alpha value is -2.73. The van der Waals surface area contributed by atoms with E-state index in [0.29, 0.717) is 42.4 Å². The number of carbonyl (C=O) groups excluding carboxylic acids is 2. The number of nitrogens with zero attached hydrogens (tertiary/aromatic N) is 2. The number of sulfonamides is 1. The molecule has 0 saturated carbocycles. The maximum Gasteiger partial charge on any atom is 0.295 e. The Morgan fingerprint density at radius 1 is 1.21 bits per heavy atom. The molecule has 1 aromatic heterocycles. The summed E-state index contributed by atoms with van der Waals surface area (Å²) in [6.07, 6.45) is 0.913. The zero-order chi connectivity index (χ0) is 24.9. The van der Waals surface area contributed by atoms with Crippen LogP contribution in [0.4, 0.5) is 5.69 Å². The number of carbonyl (C=O) groups is 2. The molecule has 0 spiro atoms. The molecule has 34 heavy (non-hydrogen) atoms. The van der Waals surface area contributed by atoms with Gasteiger partial charge in [-0.3, -0.25) is 19.8 Å². The minimum Gasteiger partial charge on any atom is -0.493 e. The summed E-state index contributed by atoms with van der Waals surface area (Å²) in [5, 5.41) is 3.11. The molecule has 0 atom stereocenters. The van der Waals surface area contributed by atoms with Crippen LogP contribution >= 0.6 is 0 Å². The molecule has 0 fully saturated rings. The van der Waals surface area contributed by atoms with Gasteiger partial charge in [-0.25, -0.2) is 13.1 Å². The highest BCUT2D eigenvalue weighted by Gasteiger charge is 2.29. The summed E-state index contributed by atoms with van der Waals surface area (Å²) in [5.41, 5.74) is 2.50. The van der Waals surface area contributed by atoms with Crippen LogP contribution in [-0.4, -0.2) is 70.5 Å². The van der Waals surface area contributed by atoms with Crippen molar-refractivity contribution in [3.05, 3.63) is 30.0 Å². The molecule has 0 aliphatic carbocycles. The Labute approximate surface area is 200 Å². The standard InChI is InChI=1S/C23H33N5O5S/c1-5-11-33-22-8-7-16(34(31,32)25-9-10-27(3)4)12-17(22)18-13-20-19(26-18)14-24-15-28(20)23(30)21(29)6-2/h7-8,12-13,24-26H,5-6,9-11,14-15H2,1-4H3. The van der Waals surface area contributed by atoms with Crippen molar-refractivity contribution in [3.8, 4) is 17.0 Å². The Kier molecular flexibility index (Phi) is 8.47. The van der Waals surface area contributed by atoms with Crippen molar-refractivity contribution in [2.75, 3.05) is 45.4 Å². The molecule has 0 bridgehead atoms. The number of ketones is 1. The maximum atomic E-state index is 12.9. The number of hydrogen-bond acceptors (Lipinski definition) is 7. The molecule has 1 aromatic carbocycles. The van der Waals surface area contributed by atoms with E-state index in [4.69, 9.17) is 4.74 Å². The first-order chi connectivity index (χ1) is 16.2. The van der Waals surface area contributed by atoms with E-state index in [2.05, 4.69) is 15.0 Å². The third-order valence-corrected chi connectivity index (χ3v) is 6.87. The highest BCUT2D eigenvalue weighted by Crippen LogP contribution is 2.36. The number of aromatic amines is 1. The zero-order valence-electron chi connectivity index (χ0n) is 20.1. The molecule has 0 radical (unpaired) electrons. The fraction of sp³-hybridized carbons (Fsp3) is 0.478. The number of hydrogen-bond donors (Lipinski definition) is 3. The lowest BCUT2D eigenvalue weighted by Gasteiger charge is -2.26. The number of H-pyrrole nitrogens is 1. The third kappa shape index (κ3) is 5.84. The van der Waals surface area contributed by atoms with Crippen molar-refractivity contribution >= 4 is 27.4 Å². The lowest BCUT2D eigenvalue weighted by molar-refractivity contribution is -0.136. The predicted octanol–water partition coefficient (Wildman–Crippen LogP) is 1.68. The fourth-order valence-electron chi connectivity index (χ4n) is 3.58. The van der Waals surface area contributed by atoms with E-state index in [1.165, 1.54) is 11.0 Å². The summed E-state index contributed by atoms with van der Waals surface area (Å²) < 4.78 is 34.3. The molecule has 2 aromatic rings.